The molecule has 0 fully saturated rings. The molecule has 0 aromatic heterocycles. The summed E-state index contributed by atoms with van der Waals surface area (Å²) in [5.74, 6) is -0.135. The Labute approximate surface area is 99.7 Å². The molecule has 0 bridgehead atoms. The van der Waals surface area contributed by atoms with Crippen LogP contribution >= 0.6 is 0 Å². The molecule has 0 aliphatic rings. The predicted molar refractivity (Wildman–Crippen MR) is 68.4 cm³/mol. The van der Waals surface area contributed by atoms with E-state index in [4.69, 9.17) is 0 Å². The molecule has 0 aromatic carbocycles. The van der Waals surface area contributed by atoms with E-state index >= 15 is 0 Å². The average molecular weight is 226 g/mol. The number of unbranched alkanes of at least 4 members (excludes halogenated alkanes) is 5. The molecule has 1 atom stereocenters. The Kier molecular flexibility index (Phi) is 10.4. The molecular weight excluding hydrogens is 200 g/mol. The number of allylic oxidation sites excluding steroid dienone is 1. The maximum absolute atomic E-state index is 11.4. The van der Waals surface area contributed by atoms with Crippen molar-refractivity contribution in [1.82, 2.24) is 0 Å². The normalized spacial score (nSPS) is 13.2. The Hall–Kier alpha value is -0.630. The van der Waals surface area contributed by atoms with Gasteiger partial charge in [-0.05, 0) is 18.9 Å². The van der Waals surface area contributed by atoms with Gasteiger partial charge in [-0.25, -0.2) is 0 Å². The zero-order valence-electron chi connectivity index (χ0n) is 10.7. The van der Waals surface area contributed by atoms with Crippen molar-refractivity contribution in [3.8, 4) is 0 Å². The Morgan fingerprint density at radius 3 is 2.44 bits per heavy atom. The third kappa shape index (κ3) is 8.66. The second kappa shape index (κ2) is 10.9. The lowest BCUT2D eigenvalue weighted by Crippen LogP contribution is -2.17. The number of carbonyl (C=O) groups excluding carboxylic acids is 1. The topological polar surface area (TPSA) is 37.3 Å². The fourth-order valence-electron chi connectivity index (χ4n) is 1.56. The summed E-state index contributed by atoms with van der Waals surface area (Å²) in [5, 5.41) is 9.57. The fourth-order valence-corrected chi connectivity index (χ4v) is 1.56. The van der Waals surface area contributed by atoms with E-state index in [0.717, 1.165) is 25.7 Å². The van der Waals surface area contributed by atoms with Gasteiger partial charge in [-0.15, -0.1) is 0 Å². The number of aliphatic hydroxyl groups excluding tert-OH is 1. The first kappa shape index (κ1) is 15.4. The molecular formula is C14H26O2. The summed E-state index contributed by atoms with van der Waals surface area (Å²) in [4.78, 5) is 11.4. The van der Waals surface area contributed by atoms with E-state index in [0.29, 0.717) is 6.42 Å². The third-order valence-electron chi connectivity index (χ3n) is 2.65. The van der Waals surface area contributed by atoms with E-state index in [2.05, 4.69) is 13.8 Å². The van der Waals surface area contributed by atoms with Crippen LogP contribution in [0.3, 0.4) is 0 Å². The molecule has 0 amide bonds. The van der Waals surface area contributed by atoms with Gasteiger partial charge in [-0.2, -0.15) is 0 Å². The van der Waals surface area contributed by atoms with Gasteiger partial charge in [0.05, 0.1) is 0 Å². The van der Waals surface area contributed by atoms with Gasteiger partial charge in [-0.1, -0.05) is 58.4 Å². The van der Waals surface area contributed by atoms with Crippen molar-refractivity contribution in [3.05, 3.63) is 12.2 Å². The van der Waals surface area contributed by atoms with Gasteiger partial charge in [0, 0.05) is 0 Å². The van der Waals surface area contributed by atoms with Crippen LogP contribution in [0.5, 0.6) is 0 Å². The molecule has 2 heteroatoms. The number of rotatable bonds is 10. The minimum Gasteiger partial charge on any atom is -0.385 e. The summed E-state index contributed by atoms with van der Waals surface area (Å²) in [6.07, 6.45) is 10.9. The second-order valence-corrected chi connectivity index (χ2v) is 4.31. The van der Waals surface area contributed by atoms with Crippen LogP contribution in [0.15, 0.2) is 12.2 Å². The Balaban J connectivity index is 3.55. The predicted octanol–water partition coefficient (Wildman–Crippen LogP) is 3.63. The van der Waals surface area contributed by atoms with Crippen molar-refractivity contribution in [2.24, 2.45) is 0 Å². The number of hydrogen-bond acceptors (Lipinski definition) is 2. The lowest BCUT2D eigenvalue weighted by molar-refractivity contribution is -0.122. The largest absolute Gasteiger partial charge is 0.385 e. The van der Waals surface area contributed by atoms with Crippen LogP contribution in [0.25, 0.3) is 0 Å². The maximum Gasteiger partial charge on any atom is 0.183 e. The van der Waals surface area contributed by atoms with Crippen molar-refractivity contribution < 1.29 is 9.90 Å². The molecule has 1 N–H and O–H groups in total. The molecule has 1 unspecified atom stereocenters. The van der Waals surface area contributed by atoms with Gasteiger partial charge < -0.3 is 5.11 Å². The quantitative estimate of drug-likeness (QED) is 0.456. The number of hydrogen-bond donors (Lipinski definition) is 1. The van der Waals surface area contributed by atoms with Crippen LogP contribution in [0, 0.1) is 0 Å². The van der Waals surface area contributed by atoms with Crippen LogP contribution in [0.1, 0.15) is 65.2 Å². The van der Waals surface area contributed by atoms with E-state index in [-0.39, 0.29) is 5.78 Å². The van der Waals surface area contributed by atoms with Gasteiger partial charge in [-0.3, -0.25) is 4.79 Å². The molecule has 0 aliphatic carbocycles. The minimum absolute atomic E-state index is 0.135. The van der Waals surface area contributed by atoms with E-state index in [1.165, 1.54) is 25.3 Å². The van der Waals surface area contributed by atoms with E-state index in [9.17, 15) is 9.90 Å². The first-order valence-corrected chi connectivity index (χ1v) is 6.60. The first-order chi connectivity index (χ1) is 7.72. The number of aliphatic hydroxyl groups is 1. The van der Waals surface area contributed by atoms with Crippen molar-refractivity contribution >= 4 is 5.78 Å². The van der Waals surface area contributed by atoms with Gasteiger partial charge in [0.25, 0.3) is 0 Å². The molecule has 0 rings (SSSR count). The highest BCUT2D eigenvalue weighted by molar-refractivity contribution is 5.93. The van der Waals surface area contributed by atoms with Crippen molar-refractivity contribution in [2.45, 2.75) is 71.3 Å². The molecule has 16 heavy (non-hydrogen) atoms. The first-order valence-electron chi connectivity index (χ1n) is 6.60. The summed E-state index contributed by atoms with van der Waals surface area (Å²) >= 11 is 0. The molecule has 0 saturated heterocycles. The summed E-state index contributed by atoms with van der Waals surface area (Å²) in [5.41, 5.74) is 0. The number of ketones is 1. The highest BCUT2D eigenvalue weighted by atomic mass is 16.3. The highest BCUT2D eigenvalue weighted by Crippen LogP contribution is 2.08. The molecule has 0 aliphatic heterocycles. The van der Waals surface area contributed by atoms with Gasteiger partial charge >= 0.3 is 0 Å². The van der Waals surface area contributed by atoms with Crippen LogP contribution in [-0.2, 0) is 4.79 Å². The SMILES string of the molecule is CCCC=CC(=O)C(O)CCCCCCC. The van der Waals surface area contributed by atoms with E-state index in [1.54, 1.807) is 0 Å². The number of carbonyl (C=O) groups is 1. The fraction of sp³-hybridized carbons (Fsp3) is 0.786. The van der Waals surface area contributed by atoms with Crippen molar-refractivity contribution in [3.63, 3.8) is 0 Å². The smallest absolute Gasteiger partial charge is 0.183 e. The Bertz CT molecular complexity index is 197. The zero-order chi connectivity index (χ0) is 12.2. The monoisotopic (exact) mass is 226 g/mol. The minimum atomic E-state index is -0.783. The Morgan fingerprint density at radius 2 is 1.81 bits per heavy atom. The lowest BCUT2D eigenvalue weighted by Gasteiger charge is -2.06. The third-order valence-corrected chi connectivity index (χ3v) is 2.65. The zero-order valence-corrected chi connectivity index (χ0v) is 10.7. The molecule has 2 nitrogen and oxygen atoms in total. The van der Waals surface area contributed by atoms with Crippen LogP contribution in [0.4, 0.5) is 0 Å². The maximum atomic E-state index is 11.4. The Morgan fingerprint density at radius 1 is 1.12 bits per heavy atom. The summed E-state index contributed by atoms with van der Waals surface area (Å²) in [6, 6.07) is 0. The van der Waals surface area contributed by atoms with Gasteiger partial charge in [0.2, 0.25) is 0 Å². The molecule has 0 heterocycles. The van der Waals surface area contributed by atoms with Gasteiger partial charge in [0.15, 0.2) is 5.78 Å². The molecule has 0 saturated carbocycles. The lowest BCUT2D eigenvalue weighted by atomic mass is 10.0. The van der Waals surface area contributed by atoms with Gasteiger partial charge in [0.1, 0.15) is 6.10 Å². The van der Waals surface area contributed by atoms with Crippen molar-refractivity contribution in [2.75, 3.05) is 0 Å². The summed E-state index contributed by atoms with van der Waals surface area (Å²) in [6.45, 7) is 4.25. The van der Waals surface area contributed by atoms with Crippen LogP contribution < -0.4 is 0 Å². The molecule has 94 valence electrons. The standard InChI is InChI=1S/C14H26O2/c1-3-5-7-8-10-12-14(16)13(15)11-9-6-4-2/h9,11,14,16H,3-8,10,12H2,1-2H3. The summed E-state index contributed by atoms with van der Waals surface area (Å²) in [7, 11) is 0. The summed E-state index contributed by atoms with van der Waals surface area (Å²) < 4.78 is 0. The van der Waals surface area contributed by atoms with Crippen molar-refractivity contribution in [1.29, 1.82) is 0 Å². The van der Waals surface area contributed by atoms with E-state index < -0.39 is 6.10 Å². The van der Waals surface area contributed by atoms with Crippen LogP contribution in [0.2, 0.25) is 0 Å². The van der Waals surface area contributed by atoms with Crippen LogP contribution in [-0.4, -0.2) is 17.0 Å². The molecule has 0 spiro atoms. The van der Waals surface area contributed by atoms with E-state index in [1.807, 2.05) is 6.08 Å². The average Bonchev–Trinajstić information content (AvgIpc) is 2.28. The highest BCUT2D eigenvalue weighted by Gasteiger charge is 2.10. The molecule has 0 aromatic rings. The molecule has 0 radical (unpaired) electrons. The second-order valence-electron chi connectivity index (χ2n) is 4.31.